The smallest absolute Gasteiger partial charge is 0.122 e. The van der Waals surface area contributed by atoms with Gasteiger partial charge in [0.2, 0.25) is 0 Å². The van der Waals surface area contributed by atoms with Crippen molar-refractivity contribution >= 4 is 0 Å². The van der Waals surface area contributed by atoms with Crippen LogP contribution in [-0.2, 0) is 6.42 Å². The molecule has 0 saturated heterocycles. The van der Waals surface area contributed by atoms with Crippen molar-refractivity contribution < 1.29 is 9.84 Å². The maximum absolute atomic E-state index is 10.3. The summed E-state index contributed by atoms with van der Waals surface area (Å²) >= 11 is 0. The highest BCUT2D eigenvalue weighted by atomic mass is 16.5. The predicted molar refractivity (Wildman–Crippen MR) is 129 cm³/mol. The van der Waals surface area contributed by atoms with Gasteiger partial charge in [0.05, 0.1) is 13.2 Å². The van der Waals surface area contributed by atoms with Crippen LogP contribution in [-0.4, -0.2) is 23.3 Å². The van der Waals surface area contributed by atoms with Crippen molar-refractivity contribution in [3.63, 3.8) is 0 Å². The molecule has 0 aromatic carbocycles. The van der Waals surface area contributed by atoms with E-state index in [9.17, 15) is 5.11 Å². The number of aliphatic hydroxyl groups excluding tert-OH is 1. The molecule has 32 heavy (non-hydrogen) atoms. The van der Waals surface area contributed by atoms with Crippen molar-refractivity contribution in [1.29, 1.82) is 0 Å². The average Bonchev–Trinajstić information content (AvgIpc) is 3.15. The molecule has 1 N–H and O–H groups in total. The fraction of sp³-hybridized carbons (Fsp3) is 0.759. The molecule has 176 valence electrons. The first-order valence-corrected chi connectivity index (χ1v) is 13.2. The lowest BCUT2D eigenvalue weighted by molar-refractivity contribution is -0.0571. The number of aryl methyl sites for hydroxylation is 1. The first kappa shape index (κ1) is 22.4. The Morgan fingerprint density at radius 2 is 2.00 bits per heavy atom. The van der Waals surface area contributed by atoms with Crippen LogP contribution in [0, 0.1) is 40.4 Å². The molecular formula is C29H43NO2. The van der Waals surface area contributed by atoms with Crippen molar-refractivity contribution in [3.05, 3.63) is 35.7 Å². The summed E-state index contributed by atoms with van der Waals surface area (Å²) in [6, 6.07) is 4.04. The van der Waals surface area contributed by atoms with Gasteiger partial charge in [-0.1, -0.05) is 32.4 Å². The van der Waals surface area contributed by atoms with Crippen LogP contribution >= 0.6 is 0 Å². The highest BCUT2D eigenvalue weighted by molar-refractivity contribution is 5.25. The molecule has 0 amide bonds. The number of aromatic nitrogens is 1. The number of hydrogen-bond donors (Lipinski definition) is 1. The van der Waals surface area contributed by atoms with Gasteiger partial charge in [-0.3, -0.25) is 4.98 Å². The summed E-state index contributed by atoms with van der Waals surface area (Å²) < 4.78 is 5.39. The van der Waals surface area contributed by atoms with Gasteiger partial charge in [0, 0.05) is 18.0 Å². The molecule has 8 atom stereocenters. The molecule has 0 aliphatic heterocycles. The molecule has 1 aromatic heterocycles. The Bertz CT molecular complexity index is 864. The molecule has 0 bridgehead atoms. The van der Waals surface area contributed by atoms with Crippen molar-refractivity contribution in [2.45, 2.75) is 91.1 Å². The second-order valence-electron chi connectivity index (χ2n) is 12.1. The molecule has 4 aliphatic carbocycles. The average molecular weight is 438 g/mol. The molecular weight excluding hydrogens is 394 g/mol. The molecule has 0 spiro atoms. The fourth-order valence-corrected chi connectivity index (χ4v) is 8.91. The Hall–Kier alpha value is -1.35. The molecule has 1 aromatic rings. The SMILES string of the molecule is COc1ccnc(CC[C@@H](C)[C@H]2CC[C@H]3[C@@H]4CC=C5C[C@@H](O)CC[C@]5(C)[C@H]4CC[C@]23C)c1. The third-order valence-electron chi connectivity index (χ3n) is 10.7. The van der Waals surface area contributed by atoms with E-state index in [2.05, 4.69) is 37.9 Å². The molecule has 3 saturated carbocycles. The summed E-state index contributed by atoms with van der Waals surface area (Å²) in [5.41, 5.74) is 3.61. The summed E-state index contributed by atoms with van der Waals surface area (Å²) in [5.74, 6) is 5.07. The van der Waals surface area contributed by atoms with Crippen LogP contribution in [0.5, 0.6) is 5.75 Å². The number of nitrogens with zero attached hydrogens (tertiary/aromatic N) is 1. The monoisotopic (exact) mass is 437 g/mol. The van der Waals surface area contributed by atoms with Crippen LogP contribution < -0.4 is 4.74 Å². The molecule has 5 rings (SSSR count). The van der Waals surface area contributed by atoms with Crippen molar-refractivity contribution in [2.75, 3.05) is 7.11 Å². The summed E-state index contributed by atoms with van der Waals surface area (Å²) in [5, 5.41) is 10.3. The lowest BCUT2D eigenvalue weighted by atomic mass is 9.47. The van der Waals surface area contributed by atoms with Gasteiger partial charge >= 0.3 is 0 Å². The minimum atomic E-state index is -0.101. The Labute approximate surface area is 195 Å². The van der Waals surface area contributed by atoms with Gasteiger partial charge in [-0.15, -0.1) is 0 Å². The number of rotatable bonds is 5. The third-order valence-corrected chi connectivity index (χ3v) is 10.7. The van der Waals surface area contributed by atoms with Crippen LogP contribution in [0.1, 0.15) is 84.3 Å². The van der Waals surface area contributed by atoms with Gasteiger partial charge in [0.1, 0.15) is 5.75 Å². The highest BCUT2D eigenvalue weighted by Gasteiger charge is 2.59. The minimum absolute atomic E-state index is 0.101. The van der Waals surface area contributed by atoms with E-state index in [1.54, 1.807) is 12.7 Å². The van der Waals surface area contributed by atoms with Gasteiger partial charge in [-0.05, 0) is 111 Å². The largest absolute Gasteiger partial charge is 0.497 e. The molecule has 0 unspecified atom stereocenters. The van der Waals surface area contributed by atoms with Gasteiger partial charge in [-0.25, -0.2) is 0 Å². The Balaban J connectivity index is 1.29. The van der Waals surface area contributed by atoms with Crippen LogP contribution in [0.15, 0.2) is 30.0 Å². The van der Waals surface area contributed by atoms with E-state index in [0.29, 0.717) is 10.8 Å². The topological polar surface area (TPSA) is 42.4 Å². The zero-order chi connectivity index (χ0) is 22.5. The highest BCUT2D eigenvalue weighted by Crippen LogP contribution is 2.67. The van der Waals surface area contributed by atoms with Gasteiger partial charge in [-0.2, -0.15) is 0 Å². The maximum Gasteiger partial charge on any atom is 0.122 e. The van der Waals surface area contributed by atoms with Crippen LogP contribution in [0.4, 0.5) is 0 Å². The third kappa shape index (κ3) is 3.63. The number of pyridine rings is 1. The van der Waals surface area contributed by atoms with Gasteiger partial charge in [0.25, 0.3) is 0 Å². The molecule has 3 fully saturated rings. The van der Waals surface area contributed by atoms with Crippen molar-refractivity contribution in [2.24, 2.45) is 40.4 Å². The minimum Gasteiger partial charge on any atom is -0.497 e. The number of allylic oxidation sites excluding steroid dienone is 1. The number of hydrogen-bond acceptors (Lipinski definition) is 3. The first-order valence-electron chi connectivity index (χ1n) is 13.2. The van der Waals surface area contributed by atoms with Gasteiger partial charge in [0.15, 0.2) is 0 Å². The lowest BCUT2D eigenvalue weighted by Crippen LogP contribution is -2.50. The quantitative estimate of drug-likeness (QED) is 0.528. The van der Waals surface area contributed by atoms with E-state index >= 15 is 0 Å². The van der Waals surface area contributed by atoms with Crippen LogP contribution in [0.3, 0.4) is 0 Å². The summed E-state index contributed by atoms with van der Waals surface area (Å²) in [7, 11) is 1.73. The Morgan fingerprint density at radius 1 is 1.16 bits per heavy atom. The number of methoxy groups -OCH3 is 1. The second-order valence-corrected chi connectivity index (χ2v) is 12.1. The summed E-state index contributed by atoms with van der Waals surface area (Å²) in [4.78, 5) is 4.59. The predicted octanol–water partition coefficient (Wildman–Crippen LogP) is 6.60. The maximum atomic E-state index is 10.3. The van der Waals surface area contributed by atoms with E-state index in [4.69, 9.17) is 4.74 Å². The zero-order valence-electron chi connectivity index (χ0n) is 20.6. The van der Waals surface area contributed by atoms with E-state index in [1.807, 2.05) is 12.3 Å². The molecule has 1 heterocycles. The Kier molecular flexibility index (Phi) is 5.93. The molecule has 0 radical (unpaired) electrons. The first-order chi connectivity index (χ1) is 15.3. The van der Waals surface area contributed by atoms with Crippen molar-refractivity contribution in [3.8, 4) is 5.75 Å². The van der Waals surface area contributed by atoms with Crippen LogP contribution in [0.2, 0.25) is 0 Å². The summed E-state index contributed by atoms with van der Waals surface area (Å²) in [6.07, 6.45) is 16.6. The summed E-state index contributed by atoms with van der Waals surface area (Å²) in [6.45, 7) is 7.70. The zero-order valence-corrected chi connectivity index (χ0v) is 20.6. The fourth-order valence-electron chi connectivity index (χ4n) is 8.91. The second kappa shape index (κ2) is 8.46. The van der Waals surface area contributed by atoms with E-state index in [0.717, 1.165) is 60.3 Å². The Morgan fingerprint density at radius 3 is 2.81 bits per heavy atom. The van der Waals surface area contributed by atoms with Crippen molar-refractivity contribution in [1.82, 2.24) is 4.98 Å². The van der Waals surface area contributed by atoms with E-state index < -0.39 is 0 Å². The number of fused-ring (bicyclic) bond motifs is 5. The number of ether oxygens (including phenoxy) is 1. The lowest BCUT2D eigenvalue weighted by Gasteiger charge is -2.58. The molecule has 4 aliphatic rings. The van der Waals surface area contributed by atoms with E-state index in [-0.39, 0.29) is 6.10 Å². The molecule has 3 nitrogen and oxygen atoms in total. The normalized spacial score (nSPS) is 41.8. The van der Waals surface area contributed by atoms with Crippen LogP contribution in [0.25, 0.3) is 0 Å². The number of aliphatic hydroxyl groups is 1. The molecule has 3 heteroatoms. The van der Waals surface area contributed by atoms with Gasteiger partial charge < -0.3 is 9.84 Å². The standard InChI is InChI=1S/C29H43NO2/c1-19(5-7-21-18-23(32-4)13-16-30-21)25-9-10-26-24-8-6-20-17-22(31)11-14-28(20,2)27(24)12-15-29(25,26)3/h6,13,16,18-19,22,24-27,31H,5,7-12,14-15,17H2,1-4H3/t19-,22+,24+,25-,26+,27+,28+,29-/m1/s1. The van der Waals surface area contributed by atoms with E-state index in [1.165, 1.54) is 44.9 Å².